The van der Waals surface area contributed by atoms with Crippen LogP contribution in [0.4, 0.5) is 0 Å². The number of nitrogens with zero attached hydrogens (tertiary/aromatic N) is 1. The number of halogens is 1. The normalized spacial score (nSPS) is 22.3. The second-order valence-electron chi connectivity index (χ2n) is 5.39. The maximum absolute atomic E-state index is 3.49. The molecule has 0 spiro atoms. The van der Waals surface area contributed by atoms with Crippen LogP contribution in [0.2, 0.25) is 0 Å². The van der Waals surface area contributed by atoms with Crippen LogP contribution < -0.4 is 5.32 Å². The van der Waals surface area contributed by atoms with Crippen LogP contribution in [0.25, 0.3) is 0 Å². The average Bonchev–Trinajstić information content (AvgIpc) is 2.81. The molecule has 0 bridgehead atoms. The van der Waals surface area contributed by atoms with Crippen LogP contribution in [-0.4, -0.2) is 37.6 Å². The Kier molecular flexibility index (Phi) is 5.22. The van der Waals surface area contributed by atoms with Gasteiger partial charge in [-0.3, -0.25) is 4.90 Å². The minimum atomic E-state index is 0.646. The molecule has 2 unspecified atom stereocenters. The van der Waals surface area contributed by atoms with Crippen molar-refractivity contribution >= 4 is 15.9 Å². The Labute approximate surface area is 119 Å². The lowest BCUT2D eigenvalue weighted by atomic mass is 10.1. The van der Waals surface area contributed by atoms with Gasteiger partial charge in [0.2, 0.25) is 0 Å². The second-order valence-corrected chi connectivity index (χ2v) is 6.30. The van der Waals surface area contributed by atoms with Crippen molar-refractivity contribution in [1.82, 2.24) is 10.2 Å². The van der Waals surface area contributed by atoms with Crippen molar-refractivity contribution in [2.24, 2.45) is 5.92 Å². The van der Waals surface area contributed by atoms with Crippen LogP contribution in [0.3, 0.4) is 0 Å². The van der Waals surface area contributed by atoms with Crippen LogP contribution in [-0.2, 0) is 6.42 Å². The van der Waals surface area contributed by atoms with Crippen molar-refractivity contribution in [2.45, 2.75) is 25.8 Å². The predicted molar refractivity (Wildman–Crippen MR) is 80.9 cm³/mol. The van der Waals surface area contributed by atoms with Gasteiger partial charge >= 0.3 is 0 Å². The highest BCUT2D eigenvalue weighted by atomic mass is 79.9. The molecule has 1 aliphatic rings. The van der Waals surface area contributed by atoms with E-state index < -0.39 is 0 Å². The van der Waals surface area contributed by atoms with Gasteiger partial charge in [-0.1, -0.05) is 28.1 Å². The summed E-state index contributed by atoms with van der Waals surface area (Å²) in [5.74, 6) is 0.836. The number of hydrogen-bond acceptors (Lipinski definition) is 2. The minimum absolute atomic E-state index is 0.646. The predicted octanol–water partition coefficient (Wildman–Crippen LogP) is 2.92. The Bertz CT molecular complexity index is 363. The lowest BCUT2D eigenvalue weighted by Crippen LogP contribution is -2.33. The van der Waals surface area contributed by atoms with Crippen molar-refractivity contribution in [3.63, 3.8) is 0 Å². The average molecular weight is 311 g/mol. The first-order valence-electron chi connectivity index (χ1n) is 6.82. The molecule has 1 saturated heterocycles. The summed E-state index contributed by atoms with van der Waals surface area (Å²) in [4.78, 5) is 2.63. The van der Waals surface area contributed by atoms with Gasteiger partial charge in [-0.2, -0.15) is 0 Å². The van der Waals surface area contributed by atoms with Crippen LogP contribution in [0, 0.1) is 5.92 Å². The topological polar surface area (TPSA) is 15.3 Å². The Morgan fingerprint density at radius 3 is 2.78 bits per heavy atom. The van der Waals surface area contributed by atoms with Gasteiger partial charge in [0.25, 0.3) is 0 Å². The van der Waals surface area contributed by atoms with Crippen molar-refractivity contribution in [2.75, 3.05) is 26.7 Å². The van der Waals surface area contributed by atoms with Crippen molar-refractivity contribution in [1.29, 1.82) is 0 Å². The van der Waals surface area contributed by atoms with E-state index in [-0.39, 0.29) is 0 Å². The summed E-state index contributed by atoms with van der Waals surface area (Å²) in [7, 11) is 2.05. The first-order valence-corrected chi connectivity index (χ1v) is 7.61. The molecular weight excluding hydrogens is 288 g/mol. The smallest absolute Gasteiger partial charge is 0.0175 e. The second kappa shape index (κ2) is 6.69. The van der Waals surface area contributed by atoms with Crippen molar-refractivity contribution in [3.05, 3.63) is 34.3 Å². The largest absolute Gasteiger partial charge is 0.319 e. The zero-order valence-corrected chi connectivity index (χ0v) is 12.9. The molecule has 0 amide bonds. The lowest BCUT2D eigenvalue weighted by molar-refractivity contribution is 0.247. The summed E-state index contributed by atoms with van der Waals surface area (Å²) >= 11 is 3.49. The highest BCUT2D eigenvalue weighted by Crippen LogP contribution is 2.20. The molecule has 100 valence electrons. The molecule has 0 saturated carbocycles. The highest BCUT2D eigenvalue weighted by Gasteiger charge is 2.25. The molecule has 1 aromatic carbocycles. The standard InChI is InChI=1S/C15H23BrN2/c1-12(9-13-3-5-15(16)6-4-13)18-8-7-14(11-18)10-17-2/h3-6,12,14,17H,7-11H2,1-2H3. The molecule has 2 rings (SSSR count). The summed E-state index contributed by atoms with van der Waals surface area (Å²) in [6, 6.07) is 9.36. The quantitative estimate of drug-likeness (QED) is 0.899. The third-order valence-electron chi connectivity index (χ3n) is 3.88. The fourth-order valence-corrected chi connectivity index (χ4v) is 3.07. The molecule has 0 aromatic heterocycles. The van der Waals surface area contributed by atoms with Gasteiger partial charge in [0.15, 0.2) is 0 Å². The summed E-state index contributed by atoms with van der Waals surface area (Å²) in [6.45, 7) is 6.01. The van der Waals surface area contributed by atoms with Crippen LogP contribution in [0.5, 0.6) is 0 Å². The fraction of sp³-hybridized carbons (Fsp3) is 0.600. The van der Waals surface area contributed by atoms with Crippen molar-refractivity contribution < 1.29 is 0 Å². The molecule has 2 atom stereocenters. The van der Waals surface area contributed by atoms with E-state index in [2.05, 4.69) is 57.3 Å². The monoisotopic (exact) mass is 310 g/mol. The van der Waals surface area contributed by atoms with E-state index in [1.165, 1.54) is 25.1 Å². The van der Waals surface area contributed by atoms with E-state index in [1.54, 1.807) is 0 Å². The zero-order valence-electron chi connectivity index (χ0n) is 11.3. The zero-order chi connectivity index (χ0) is 13.0. The van der Waals surface area contributed by atoms with E-state index in [1.807, 2.05) is 7.05 Å². The summed E-state index contributed by atoms with van der Waals surface area (Å²) in [5.41, 5.74) is 1.43. The Morgan fingerprint density at radius 2 is 2.11 bits per heavy atom. The molecule has 1 heterocycles. The molecule has 0 aliphatic carbocycles. The molecule has 0 radical (unpaired) electrons. The first-order chi connectivity index (χ1) is 8.69. The number of likely N-dealkylation sites (tertiary alicyclic amines) is 1. The Morgan fingerprint density at radius 1 is 1.39 bits per heavy atom. The van der Waals surface area contributed by atoms with E-state index >= 15 is 0 Å². The summed E-state index contributed by atoms with van der Waals surface area (Å²) in [5, 5.41) is 3.29. The maximum atomic E-state index is 3.49. The van der Waals surface area contributed by atoms with E-state index in [0.717, 1.165) is 23.4 Å². The number of rotatable bonds is 5. The fourth-order valence-electron chi connectivity index (χ4n) is 2.81. The van der Waals surface area contributed by atoms with Gasteiger partial charge in [-0.15, -0.1) is 0 Å². The van der Waals surface area contributed by atoms with Crippen LogP contribution in [0.1, 0.15) is 18.9 Å². The molecule has 1 aliphatic heterocycles. The van der Waals surface area contributed by atoms with Crippen LogP contribution >= 0.6 is 15.9 Å². The van der Waals surface area contributed by atoms with Crippen molar-refractivity contribution in [3.8, 4) is 0 Å². The van der Waals surface area contributed by atoms with E-state index in [0.29, 0.717) is 6.04 Å². The van der Waals surface area contributed by atoms with E-state index in [4.69, 9.17) is 0 Å². The maximum Gasteiger partial charge on any atom is 0.0175 e. The molecular formula is C15H23BrN2. The molecule has 1 fully saturated rings. The third-order valence-corrected chi connectivity index (χ3v) is 4.41. The summed E-state index contributed by atoms with van der Waals surface area (Å²) in [6.07, 6.45) is 2.49. The number of hydrogen-bond donors (Lipinski definition) is 1. The molecule has 3 heteroatoms. The Balaban J connectivity index is 1.85. The first kappa shape index (κ1) is 14.0. The number of nitrogens with one attached hydrogen (secondary N) is 1. The molecule has 2 nitrogen and oxygen atoms in total. The molecule has 18 heavy (non-hydrogen) atoms. The van der Waals surface area contributed by atoms with Gasteiger partial charge in [0.05, 0.1) is 0 Å². The molecule has 1 N–H and O–H groups in total. The summed E-state index contributed by atoms with van der Waals surface area (Å²) < 4.78 is 1.16. The van der Waals surface area contributed by atoms with Gasteiger partial charge in [-0.25, -0.2) is 0 Å². The van der Waals surface area contributed by atoms with Gasteiger partial charge < -0.3 is 5.32 Å². The lowest BCUT2D eigenvalue weighted by Gasteiger charge is -2.24. The SMILES string of the molecule is CNCC1CCN(C(C)Cc2ccc(Br)cc2)C1. The third kappa shape index (κ3) is 3.81. The van der Waals surface area contributed by atoms with E-state index in [9.17, 15) is 0 Å². The van der Waals surface area contributed by atoms with Crippen LogP contribution in [0.15, 0.2) is 28.7 Å². The highest BCUT2D eigenvalue weighted by molar-refractivity contribution is 9.10. The van der Waals surface area contributed by atoms with Gasteiger partial charge in [0, 0.05) is 17.1 Å². The molecule has 1 aromatic rings. The Hall–Kier alpha value is -0.380. The van der Waals surface area contributed by atoms with Gasteiger partial charge in [0.1, 0.15) is 0 Å². The minimum Gasteiger partial charge on any atom is -0.319 e. The van der Waals surface area contributed by atoms with Gasteiger partial charge in [-0.05, 0) is 63.5 Å². The number of benzene rings is 1.